The molecule has 0 bridgehead atoms. The molecule has 0 aromatic rings. The van der Waals surface area contributed by atoms with E-state index in [1.807, 2.05) is 0 Å². The molecule has 0 saturated carbocycles. The first-order chi connectivity index (χ1) is 15.8. The van der Waals surface area contributed by atoms with Gasteiger partial charge in [-0.25, -0.2) is 0 Å². The summed E-state index contributed by atoms with van der Waals surface area (Å²) in [6.07, 6.45) is 22.5. The smallest absolute Gasteiger partial charge is 0.550 e. The number of carboxylic acids is 2. The van der Waals surface area contributed by atoms with Gasteiger partial charge >= 0.3 is 80.9 Å². The second-order valence-electron chi connectivity index (χ2n) is 9.15. The Hall–Kier alpha value is 1.05. The molecule has 0 heterocycles. The summed E-state index contributed by atoms with van der Waals surface area (Å²) in [5.74, 6) is -2.22. The minimum Gasteiger partial charge on any atom is -0.550 e. The number of hydrogen-bond donors (Lipinski definition) is 0. The third-order valence-corrected chi connectivity index (χ3v) is 5.77. The largest absolute Gasteiger partial charge is 1.00 e. The van der Waals surface area contributed by atoms with Crippen LogP contribution in [0, 0.1) is 0 Å². The van der Waals surface area contributed by atoms with Gasteiger partial charge in [-0.2, -0.15) is 0 Å². The number of carboxylic acid groups (broad SMARTS) is 2. The van der Waals surface area contributed by atoms with E-state index in [4.69, 9.17) is 0 Å². The molecule has 0 rings (SSSR count). The number of hydrogen-bond acceptors (Lipinski definition) is 5. The van der Waals surface area contributed by atoms with Gasteiger partial charge in [0.2, 0.25) is 5.91 Å². The van der Waals surface area contributed by atoms with Crippen LogP contribution in [0.15, 0.2) is 0 Å². The van der Waals surface area contributed by atoms with Gasteiger partial charge in [-0.1, -0.05) is 117 Å². The fourth-order valence-corrected chi connectivity index (χ4v) is 3.64. The van der Waals surface area contributed by atoms with E-state index in [0.717, 1.165) is 25.7 Å². The molecule has 0 fully saturated rings. The van der Waals surface area contributed by atoms with Crippen LogP contribution in [-0.2, 0) is 14.4 Å². The standard InChI is InChI=1S/C15H29NO3.C12H24O2.K.Na/c1-3-4-5-6-7-8-9-10-11-12-14(17)16(2)13-15(18)19;1-2-3-4-5-6-7-8-9-10-11-12(13)14;;/h3-13H2,1-2H3,(H,18,19);2-11H2,1H3,(H,13,14);;/q;;2*+1/p-2. The minimum absolute atomic E-state index is 0. The molecule has 8 heteroatoms. The molecule has 6 nitrogen and oxygen atoms in total. The SMILES string of the molecule is CCCCCCCCCCCC(=O)N(C)CC(=O)[O-].CCCCCCCCCCCC(=O)[O-].[K+].[Na+]. The van der Waals surface area contributed by atoms with Gasteiger partial charge in [0.05, 0.1) is 12.5 Å². The molecule has 35 heavy (non-hydrogen) atoms. The molecule has 196 valence electrons. The molecule has 0 aliphatic carbocycles. The Morgan fingerprint density at radius 1 is 0.543 bits per heavy atom. The van der Waals surface area contributed by atoms with Gasteiger partial charge in [0.15, 0.2) is 0 Å². The van der Waals surface area contributed by atoms with Crippen LogP contribution >= 0.6 is 0 Å². The van der Waals surface area contributed by atoms with E-state index in [1.165, 1.54) is 102 Å². The third-order valence-electron chi connectivity index (χ3n) is 5.77. The Kier molecular flexibility index (Phi) is 43.2. The first-order valence-corrected chi connectivity index (χ1v) is 13.5. The number of likely N-dealkylation sites (N-methyl/N-ethyl adjacent to an activating group) is 1. The van der Waals surface area contributed by atoms with Crippen LogP contribution in [-0.4, -0.2) is 36.3 Å². The van der Waals surface area contributed by atoms with E-state index in [2.05, 4.69) is 13.8 Å². The molecule has 0 atom stereocenters. The molecule has 0 saturated heterocycles. The number of carbonyl (C=O) groups excluding carboxylic acids is 3. The number of nitrogens with zero attached hydrogens (tertiary/aromatic N) is 1. The molecule has 0 spiro atoms. The van der Waals surface area contributed by atoms with Crippen molar-refractivity contribution in [2.24, 2.45) is 0 Å². The molecule has 1 amide bonds. The van der Waals surface area contributed by atoms with Crippen molar-refractivity contribution in [3.63, 3.8) is 0 Å². The summed E-state index contributed by atoms with van der Waals surface area (Å²) < 4.78 is 0. The summed E-state index contributed by atoms with van der Waals surface area (Å²) in [6.45, 7) is 4.13. The number of rotatable bonds is 22. The van der Waals surface area contributed by atoms with Crippen LogP contribution in [0.5, 0.6) is 0 Å². The zero-order valence-electron chi connectivity index (χ0n) is 23.8. The van der Waals surface area contributed by atoms with Crippen LogP contribution in [0.4, 0.5) is 0 Å². The Morgan fingerprint density at radius 3 is 1.17 bits per heavy atom. The van der Waals surface area contributed by atoms with Gasteiger partial charge in [-0.05, 0) is 19.3 Å². The molecular formula is C27H51KNNaO5. The van der Waals surface area contributed by atoms with Crippen molar-refractivity contribution in [3.8, 4) is 0 Å². The monoisotopic (exact) mass is 531 g/mol. The molecule has 0 aliphatic heterocycles. The van der Waals surface area contributed by atoms with Crippen molar-refractivity contribution >= 4 is 17.8 Å². The van der Waals surface area contributed by atoms with Gasteiger partial charge in [-0.3, -0.25) is 4.79 Å². The van der Waals surface area contributed by atoms with Gasteiger partial charge < -0.3 is 24.7 Å². The maximum absolute atomic E-state index is 11.5. The Balaban J connectivity index is -0.000000270. The quantitative estimate of drug-likeness (QED) is 0.129. The van der Waals surface area contributed by atoms with E-state index < -0.39 is 11.9 Å². The molecular weight excluding hydrogens is 480 g/mol. The van der Waals surface area contributed by atoms with Gasteiger partial charge in [-0.15, -0.1) is 0 Å². The molecule has 0 unspecified atom stereocenters. The van der Waals surface area contributed by atoms with E-state index in [1.54, 1.807) is 0 Å². The van der Waals surface area contributed by atoms with Crippen molar-refractivity contribution in [2.75, 3.05) is 13.6 Å². The third kappa shape index (κ3) is 39.7. The van der Waals surface area contributed by atoms with Crippen LogP contribution in [0.25, 0.3) is 0 Å². The van der Waals surface area contributed by atoms with Crippen molar-refractivity contribution < 1.29 is 106 Å². The summed E-state index contributed by atoms with van der Waals surface area (Å²) in [4.78, 5) is 33.2. The van der Waals surface area contributed by atoms with Crippen LogP contribution in [0.2, 0.25) is 0 Å². The van der Waals surface area contributed by atoms with Crippen molar-refractivity contribution in [3.05, 3.63) is 0 Å². The number of carbonyl (C=O) groups is 3. The second kappa shape index (κ2) is 35.0. The summed E-state index contributed by atoms with van der Waals surface area (Å²) >= 11 is 0. The maximum atomic E-state index is 11.5. The van der Waals surface area contributed by atoms with Gasteiger partial charge in [0.1, 0.15) is 0 Å². The molecule has 0 N–H and O–H groups in total. The predicted molar refractivity (Wildman–Crippen MR) is 131 cm³/mol. The summed E-state index contributed by atoms with van der Waals surface area (Å²) in [6, 6.07) is 0. The first kappa shape index (κ1) is 43.1. The second-order valence-corrected chi connectivity index (χ2v) is 9.15. The fraction of sp³-hybridized carbons (Fsp3) is 0.889. The van der Waals surface area contributed by atoms with E-state index in [-0.39, 0.29) is 99.8 Å². The van der Waals surface area contributed by atoms with E-state index in [9.17, 15) is 24.6 Å². The summed E-state index contributed by atoms with van der Waals surface area (Å²) in [7, 11) is 1.51. The average Bonchev–Trinajstić information content (AvgIpc) is 2.76. The summed E-state index contributed by atoms with van der Waals surface area (Å²) in [5, 5.41) is 20.4. The summed E-state index contributed by atoms with van der Waals surface area (Å²) in [5.41, 5.74) is 0. The zero-order chi connectivity index (χ0) is 25.2. The number of aliphatic carboxylic acids is 2. The minimum atomic E-state index is -1.21. The number of unbranched alkanes of at least 4 members (excludes halogenated alkanes) is 16. The Bertz CT molecular complexity index is 480. The van der Waals surface area contributed by atoms with Crippen LogP contribution in [0.1, 0.15) is 142 Å². The Labute approximate surface area is 280 Å². The van der Waals surface area contributed by atoms with Crippen molar-refractivity contribution in [1.29, 1.82) is 0 Å². The van der Waals surface area contributed by atoms with Crippen molar-refractivity contribution in [2.45, 2.75) is 142 Å². The predicted octanol–water partition coefficient (Wildman–Crippen LogP) is -1.22. The molecule has 0 aromatic heterocycles. The average molecular weight is 532 g/mol. The Morgan fingerprint density at radius 2 is 0.857 bits per heavy atom. The van der Waals surface area contributed by atoms with Gasteiger partial charge in [0.25, 0.3) is 0 Å². The van der Waals surface area contributed by atoms with Crippen LogP contribution in [0.3, 0.4) is 0 Å². The van der Waals surface area contributed by atoms with Gasteiger partial charge in [0, 0.05) is 19.4 Å². The number of amides is 1. The molecule has 0 aliphatic rings. The zero-order valence-corrected chi connectivity index (χ0v) is 29.0. The van der Waals surface area contributed by atoms with E-state index >= 15 is 0 Å². The topological polar surface area (TPSA) is 101 Å². The van der Waals surface area contributed by atoms with Crippen molar-refractivity contribution in [1.82, 2.24) is 4.90 Å². The maximum Gasteiger partial charge on any atom is 1.00 e. The normalized spacial score (nSPS) is 9.80. The van der Waals surface area contributed by atoms with Crippen LogP contribution < -0.4 is 91.2 Å². The molecule has 0 radical (unpaired) electrons. The first-order valence-electron chi connectivity index (χ1n) is 13.5. The molecule has 0 aromatic carbocycles. The van der Waals surface area contributed by atoms with E-state index in [0.29, 0.717) is 6.42 Å². The fourth-order valence-electron chi connectivity index (χ4n) is 3.64.